The molecule has 2 aromatic rings. The molecular formula is C23H27NO5S. The van der Waals surface area contributed by atoms with E-state index in [0.29, 0.717) is 0 Å². The fourth-order valence-corrected chi connectivity index (χ4v) is 6.00. The Morgan fingerprint density at radius 3 is 2.50 bits per heavy atom. The maximum atomic E-state index is 13.5. The van der Waals surface area contributed by atoms with E-state index in [1.54, 1.807) is 24.3 Å². The number of hydrogen-bond acceptors (Lipinski definition) is 5. The molecule has 2 unspecified atom stereocenters. The molecule has 4 rings (SSSR count). The zero-order chi connectivity index (χ0) is 21.1. The Morgan fingerprint density at radius 2 is 1.77 bits per heavy atom. The predicted octanol–water partition coefficient (Wildman–Crippen LogP) is 3.79. The molecule has 2 fully saturated rings. The van der Waals surface area contributed by atoms with E-state index in [0.717, 1.165) is 36.8 Å². The number of fused-ring (bicyclic) bond motifs is 1. The van der Waals surface area contributed by atoms with Crippen LogP contribution in [0, 0.1) is 6.92 Å². The van der Waals surface area contributed by atoms with Crippen LogP contribution in [0.2, 0.25) is 0 Å². The van der Waals surface area contributed by atoms with Crippen molar-refractivity contribution in [2.45, 2.75) is 68.9 Å². The lowest BCUT2D eigenvalue weighted by Crippen LogP contribution is -2.45. The largest absolute Gasteiger partial charge is 0.461 e. The van der Waals surface area contributed by atoms with Crippen LogP contribution in [-0.2, 0) is 30.9 Å². The van der Waals surface area contributed by atoms with Gasteiger partial charge in [0.05, 0.1) is 23.5 Å². The summed E-state index contributed by atoms with van der Waals surface area (Å²) >= 11 is 0. The zero-order valence-corrected chi connectivity index (χ0v) is 17.9. The molecule has 6 nitrogen and oxygen atoms in total. The summed E-state index contributed by atoms with van der Waals surface area (Å²) in [6, 6.07) is 16.0. The van der Waals surface area contributed by atoms with Crippen molar-refractivity contribution in [1.82, 2.24) is 4.31 Å². The summed E-state index contributed by atoms with van der Waals surface area (Å²) in [5, 5.41) is 0. The third-order valence-corrected chi connectivity index (χ3v) is 7.72. The predicted molar refractivity (Wildman–Crippen MR) is 112 cm³/mol. The van der Waals surface area contributed by atoms with Crippen molar-refractivity contribution in [1.29, 1.82) is 0 Å². The lowest BCUT2D eigenvalue weighted by Gasteiger charge is -2.30. The van der Waals surface area contributed by atoms with Crippen molar-refractivity contribution in [3.05, 3.63) is 65.7 Å². The third kappa shape index (κ3) is 4.43. The van der Waals surface area contributed by atoms with Crippen molar-refractivity contribution in [3.63, 3.8) is 0 Å². The summed E-state index contributed by atoms with van der Waals surface area (Å²) in [5.41, 5.74) is 1.87. The summed E-state index contributed by atoms with van der Waals surface area (Å²) in [7, 11) is -3.79. The Kier molecular flexibility index (Phi) is 6.22. The van der Waals surface area contributed by atoms with Crippen molar-refractivity contribution in [2.24, 2.45) is 0 Å². The highest BCUT2D eigenvalue weighted by molar-refractivity contribution is 7.89. The van der Waals surface area contributed by atoms with Gasteiger partial charge in [0.25, 0.3) is 0 Å². The topological polar surface area (TPSA) is 72.9 Å². The second kappa shape index (κ2) is 8.88. The van der Waals surface area contributed by atoms with E-state index in [1.807, 2.05) is 37.3 Å². The van der Waals surface area contributed by atoms with E-state index in [4.69, 9.17) is 9.47 Å². The summed E-state index contributed by atoms with van der Waals surface area (Å²) < 4.78 is 39.8. The number of hydrogen-bond donors (Lipinski definition) is 0. The molecule has 1 heterocycles. The molecule has 1 saturated heterocycles. The average molecular weight is 430 g/mol. The van der Waals surface area contributed by atoms with Crippen molar-refractivity contribution >= 4 is 16.0 Å². The molecule has 3 atom stereocenters. The molecule has 1 saturated carbocycles. The molecule has 1 aliphatic carbocycles. The fraction of sp³-hybridized carbons (Fsp3) is 0.435. The number of carbonyl (C=O) groups is 1. The van der Waals surface area contributed by atoms with E-state index in [-0.39, 0.29) is 30.1 Å². The normalized spacial score (nSPS) is 24.4. The number of sulfonamides is 1. The van der Waals surface area contributed by atoms with Gasteiger partial charge in [-0.05, 0) is 37.5 Å². The van der Waals surface area contributed by atoms with Crippen molar-refractivity contribution in [3.8, 4) is 0 Å². The van der Waals surface area contributed by atoms with Crippen LogP contribution in [0.3, 0.4) is 0 Å². The van der Waals surface area contributed by atoms with E-state index in [1.165, 1.54) is 4.31 Å². The van der Waals surface area contributed by atoms with Gasteiger partial charge >= 0.3 is 5.97 Å². The first kappa shape index (κ1) is 21.0. The monoisotopic (exact) mass is 429 g/mol. The molecule has 2 aromatic carbocycles. The first-order valence-corrected chi connectivity index (χ1v) is 11.8. The molecule has 0 aromatic heterocycles. The van der Waals surface area contributed by atoms with Crippen LogP contribution in [0.25, 0.3) is 0 Å². The number of nitrogens with zero attached hydrogens (tertiary/aromatic N) is 1. The number of rotatable bonds is 6. The van der Waals surface area contributed by atoms with Crippen LogP contribution < -0.4 is 0 Å². The van der Waals surface area contributed by atoms with Gasteiger partial charge in [0.15, 0.2) is 0 Å². The van der Waals surface area contributed by atoms with Crippen LogP contribution in [0.1, 0.15) is 43.2 Å². The molecule has 0 spiro atoms. The maximum absolute atomic E-state index is 13.5. The fourth-order valence-electron chi connectivity index (χ4n) is 4.25. The molecule has 0 radical (unpaired) electrons. The number of esters is 1. The number of ether oxygens (including phenoxy) is 2. The van der Waals surface area contributed by atoms with Gasteiger partial charge in [0.1, 0.15) is 12.8 Å². The smallest absolute Gasteiger partial charge is 0.310 e. The van der Waals surface area contributed by atoms with Gasteiger partial charge < -0.3 is 9.47 Å². The van der Waals surface area contributed by atoms with Crippen LogP contribution in [0.5, 0.6) is 0 Å². The van der Waals surface area contributed by atoms with Crippen LogP contribution >= 0.6 is 0 Å². The second-order valence-electron chi connectivity index (χ2n) is 7.98. The Balaban J connectivity index is 1.52. The minimum atomic E-state index is -3.79. The molecule has 7 heteroatoms. The summed E-state index contributed by atoms with van der Waals surface area (Å²) in [6.45, 7) is 2.07. The first-order chi connectivity index (χ1) is 14.4. The molecule has 0 N–H and O–H groups in total. The Bertz CT molecular complexity index is 974. The van der Waals surface area contributed by atoms with E-state index >= 15 is 0 Å². The Hall–Kier alpha value is -2.22. The molecule has 0 bridgehead atoms. The SMILES string of the molecule is Cc1ccc(S(=O)(=O)N2C3CCCCC3O[C@H]2CC(=O)OCc2ccccc2)cc1. The highest BCUT2D eigenvalue weighted by Crippen LogP contribution is 2.39. The third-order valence-electron chi connectivity index (χ3n) is 5.79. The van der Waals surface area contributed by atoms with Crippen LogP contribution in [0.4, 0.5) is 0 Å². The van der Waals surface area contributed by atoms with Gasteiger partial charge in [-0.3, -0.25) is 4.79 Å². The average Bonchev–Trinajstić information content (AvgIpc) is 3.12. The number of aryl methyl sites for hydroxylation is 1. The first-order valence-electron chi connectivity index (χ1n) is 10.4. The summed E-state index contributed by atoms with van der Waals surface area (Å²) in [6.07, 6.45) is 2.37. The van der Waals surface area contributed by atoms with Crippen molar-refractivity contribution in [2.75, 3.05) is 0 Å². The molecular weight excluding hydrogens is 402 g/mol. The summed E-state index contributed by atoms with van der Waals surface area (Å²) in [4.78, 5) is 12.7. The molecule has 1 aliphatic heterocycles. The Labute approximate surface area is 177 Å². The standard InChI is InChI=1S/C23H27NO5S/c1-17-11-13-19(14-12-17)30(26,27)24-20-9-5-6-10-21(20)29-22(24)15-23(25)28-16-18-7-3-2-4-8-18/h2-4,7-8,11-14,20-22H,5-6,9-10,15-16H2,1H3/t20?,21?,22-/m0/s1. The van der Waals surface area contributed by atoms with Gasteiger partial charge in [-0.25, -0.2) is 8.42 Å². The van der Waals surface area contributed by atoms with Gasteiger partial charge in [0.2, 0.25) is 10.0 Å². The van der Waals surface area contributed by atoms with E-state index in [2.05, 4.69) is 0 Å². The molecule has 2 aliphatic rings. The highest BCUT2D eigenvalue weighted by Gasteiger charge is 2.50. The van der Waals surface area contributed by atoms with E-state index < -0.39 is 22.2 Å². The number of benzene rings is 2. The second-order valence-corrected chi connectivity index (χ2v) is 9.82. The zero-order valence-electron chi connectivity index (χ0n) is 17.1. The minimum absolute atomic E-state index is 0.120. The quantitative estimate of drug-likeness (QED) is 0.654. The van der Waals surface area contributed by atoms with Gasteiger partial charge in [-0.15, -0.1) is 0 Å². The maximum Gasteiger partial charge on any atom is 0.310 e. The van der Waals surface area contributed by atoms with Crippen LogP contribution in [-0.4, -0.2) is 37.1 Å². The van der Waals surface area contributed by atoms with Crippen molar-refractivity contribution < 1.29 is 22.7 Å². The van der Waals surface area contributed by atoms with Gasteiger partial charge in [-0.1, -0.05) is 60.9 Å². The summed E-state index contributed by atoms with van der Waals surface area (Å²) in [5.74, 6) is -0.466. The van der Waals surface area contributed by atoms with Crippen LogP contribution in [0.15, 0.2) is 59.5 Å². The number of carbonyl (C=O) groups excluding carboxylic acids is 1. The molecule has 0 amide bonds. The molecule has 30 heavy (non-hydrogen) atoms. The van der Waals surface area contributed by atoms with Gasteiger partial charge in [-0.2, -0.15) is 4.31 Å². The highest BCUT2D eigenvalue weighted by atomic mass is 32.2. The lowest BCUT2D eigenvalue weighted by atomic mass is 9.93. The van der Waals surface area contributed by atoms with Gasteiger partial charge in [0, 0.05) is 0 Å². The molecule has 160 valence electrons. The Morgan fingerprint density at radius 1 is 1.07 bits per heavy atom. The minimum Gasteiger partial charge on any atom is -0.461 e. The lowest BCUT2D eigenvalue weighted by molar-refractivity contribution is -0.149. The van der Waals surface area contributed by atoms with E-state index in [9.17, 15) is 13.2 Å².